The molecule has 0 saturated carbocycles. The molecule has 1 aromatic carbocycles. The van der Waals surface area contributed by atoms with Crippen LogP contribution in [0.4, 0.5) is 5.69 Å². The first kappa shape index (κ1) is 17.0. The van der Waals surface area contributed by atoms with Crippen LogP contribution in [0.15, 0.2) is 48.0 Å². The van der Waals surface area contributed by atoms with Gasteiger partial charge in [0.25, 0.3) is 0 Å². The minimum Gasteiger partial charge on any atom is -0.324 e. The van der Waals surface area contributed by atoms with E-state index in [0.717, 1.165) is 42.0 Å². The SMILES string of the molecule is C=C(/C=C\C(Cl)=C/C)c1ccc2c(c1)CN1CCNCC1C(=O)N2. The highest BCUT2D eigenvalue weighted by molar-refractivity contribution is 6.31. The molecule has 4 nitrogen and oxygen atoms in total. The molecule has 2 aliphatic rings. The molecule has 0 bridgehead atoms. The quantitative estimate of drug-likeness (QED) is 0.829. The van der Waals surface area contributed by atoms with E-state index in [1.54, 1.807) is 0 Å². The van der Waals surface area contributed by atoms with Crippen molar-refractivity contribution in [1.82, 2.24) is 10.2 Å². The number of piperazine rings is 1. The number of rotatable bonds is 3. The fraction of sp³-hybridized carbons (Fsp3) is 0.316. The fourth-order valence-corrected chi connectivity index (χ4v) is 3.11. The second-order valence-electron chi connectivity index (χ2n) is 6.08. The molecular weight excluding hydrogens is 322 g/mol. The predicted molar refractivity (Wildman–Crippen MR) is 99.9 cm³/mol. The number of hydrogen-bond acceptors (Lipinski definition) is 3. The van der Waals surface area contributed by atoms with Crippen molar-refractivity contribution < 1.29 is 4.79 Å². The van der Waals surface area contributed by atoms with E-state index in [2.05, 4.69) is 28.2 Å². The number of carbonyl (C=O) groups is 1. The van der Waals surface area contributed by atoms with Crippen LogP contribution in [0.2, 0.25) is 0 Å². The van der Waals surface area contributed by atoms with Crippen molar-refractivity contribution in [3.8, 4) is 0 Å². The van der Waals surface area contributed by atoms with Gasteiger partial charge in [-0.3, -0.25) is 9.69 Å². The molecule has 2 heterocycles. The average Bonchev–Trinajstić information content (AvgIpc) is 2.74. The number of nitrogens with zero attached hydrogens (tertiary/aromatic N) is 1. The third kappa shape index (κ3) is 3.61. The Kier molecular flexibility index (Phi) is 5.19. The number of carbonyl (C=O) groups excluding carboxylic acids is 1. The number of allylic oxidation sites excluding steroid dienone is 5. The van der Waals surface area contributed by atoms with Gasteiger partial charge in [0.1, 0.15) is 6.04 Å². The maximum Gasteiger partial charge on any atom is 0.243 e. The summed E-state index contributed by atoms with van der Waals surface area (Å²) in [5, 5.41) is 7.02. The fourth-order valence-electron chi connectivity index (χ4n) is 3.05. The number of fused-ring (bicyclic) bond motifs is 2. The number of halogens is 1. The van der Waals surface area contributed by atoms with Gasteiger partial charge in [-0.2, -0.15) is 0 Å². The lowest BCUT2D eigenvalue weighted by atomic mass is 10.0. The van der Waals surface area contributed by atoms with Crippen LogP contribution in [0.5, 0.6) is 0 Å². The lowest BCUT2D eigenvalue weighted by Crippen LogP contribution is -2.54. The number of hydrogen-bond donors (Lipinski definition) is 2. The Morgan fingerprint density at radius 2 is 2.25 bits per heavy atom. The van der Waals surface area contributed by atoms with E-state index in [1.165, 1.54) is 0 Å². The summed E-state index contributed by atoms with van der Waals surface area (Å²) in [5.41, 5.74) is 3.94. The zero-order valence-electron chi connectivity index (χ0n) is 13.8. The Balaban J connectivity index is 1.86. The standard InChI is InChI=1S/C19H22ClN3O/c1-3-16(20)6-4-13(2)14-5-7-17-15(10-14)12-23-9-8-21-11-18(23)19(24)22-17/h3-7,10,18,21H,2,8-9,11-12H2,1H3,(H,22,24)/b6-4-,16-3+. The first-order chi connectivity index (χ1) is 11.6. The lowest BCUT2D eigenvalue weighted by molar-refractivity contribution is -0.121. The van der Waals surface area contributed by atoms with Gasteiger partial charge in [-0.15, -0.1) is 0 Å². The van der Waals surface area contributed by atoms with Crippen molar-refractivity contribution in [3.05, 3.63) is 59.2 Å². The van der Waals surface area contributed by atoms with Gasteiger partial charge >= 0.3 is 0 Å². The Labute approximate surface area is 147 Å². The first-order valence-electron chi connectivity index (χ1n) is 8.16. The van der Waals surface area contributed by atoms with E-state index in [-0.39, 0.29) is 11.9 Å². The van der Waals surface area contributed by atoms with E-state index < -0.39 is 0 Å². The lowest BCUT2D eigenvalue weighted by Gasteiger charge is -2.32. The van der Waals surface area contributed by atoms with Crippen molar-refractivity contribution in [2.45, 2.75) is 19.5 Å². The molecule has 0 aromatic heterocycles. The van der Waals surface area contributed by atoms with Crippen molar-refractivity contribution in [1.29, 1.82) is 0 Å². The summed E-state index contributed by atoms with van der Waals surface area (Å²) in [6.45, 7) is 9.26. The summed E-state index contributed by atoms with van der Waals surface area (Å²) >= 11 is 6.00. The van der Waals surface area contributed by atoms with E-state index in [0.29, 0.717) is 11.6 Å². The zero-order valence-corrected chi connectivity index (χ0v) is 14.6. The van der Waals surface area contributed by atoms with Crippen LogP contribution in [0.1, 0.15) is 18.1 Å². The molecule has 0 aliphatic carbocycles. The monoisotopic (exact) mass is 343 g/mol. The van der Waals surface area contributed by atoms with Crippen LogP contribution < -0.4 is 10.6 Å². The topological polar surface area (TPSA) is 44.4 Å². The number of anilines is 1. The Morgan fingerprint density at radius 3 is 3.04 bits per heavy atom. The molecule has 1 saturated heterocycles. The number of nitrogens with one attached hydrogen (secondary N) is 2. The normalized spacial score (nSPS) is 21.8. The van der Waals surface area contributed by atoms with Gasteiger partial charge in [-0.05, 0) is 41.8 Å². The van der Waals surface area contributed by atoms with Crippen LogP contribution in [0.3, 0.4) is 0 Å². The molecule has 1 aromatic rings. The number of benzene rings is 1. The summed E-state index contributed by atoms with van der Waals surface area (Å²) in [5.74, 6) is 0.0623. The molecule has 0 radical (unpaired) electrons. The molecule has 5 heteroatoms. The molecule has 126 valence electrons. The van der Waals surface area contributed by atoms with Crippen molar-refractivity contribution in [3.63, 3.8) is 0 Å². The molecule has 24 heavy (non-hydrogen) atoms. The molecule has 1 atom stereocenters. The van der Waals surface area contributed by atoms with Gasteiger partial charge in [0.15, 0.2) is 0 Å². The molecule has 2 aliphatic heterocycles. The van der Waals surface area contributed by atoms with Crippen molar-refractivity contribution >= 4 is 28.8 Å². The molecule has 0 spiro atoms. The highest BCUT2D eigenvalue weighted by atomic mass is 35.5. The molecular formula is C19H22ClN3O. The van der Waals surface area contributed by atoms with Crippen molar-refractivity contribution in [2.24, 2.45) is 0 Å². The summed E-state index contributed by atoms with van der Waals surface area (Å²) < 4.78 is 0. The van der Waals surface area contributed by atoms with Gasteiger partial charge < -0.3 is 10.6 Å². The second-order valence-corrected chi connectivity index (χ2v) is 6.52. The van der Waals surface area contributed by atoms with E-state index in [4.69, 9.17) is 11.6 Å². The maximum absolute atomic E-state index is 12.4. The average molecular weight is 344 g/mol. The first-order valence-corrected chi connectivity index (χ1v) is 8.54. The Hall–Kier alpha value is -1.88. The van der Waals surface area contributed by atoms with Gasteiger partial charge in [-0.25, -0.2) is 0 Å². The molecule has 1 unspecified atom stereocenters. The summed E-state index contributed by atoms with van der Waals surface area (Å²) in [6, 6.07) is 5.95. The molecule has 3 rings (SSSR count). The Morgan fingerprint density at radius 1 is 1.42 bits per heavy atom. The summed E-state index contributed by atoms with van der Waals surface area (Å²) in [6.07, 6.45) is 5.58. The van der Waals surface area contributed by atoms with E-state index >= 15 is 0 Å². The minimum absolute atomic E-state index is 0.0623. The molecule has 2 N–H and O–H groups in total. The van der Waals surface area contributed by atoms with Crippen LogP contribution >= 0.6 is 11.6 Å². The van der Waals surface area contributed by atoms with Gasteiger partial charge in [0, 0.05) is 36.9 Å². The maximum atomic E-state index is 12.4. The van der Waals surface area contributed by atoms with Crippen LogP contribution in [-0.4, -0.2) is 36.5 Å². The smallest absolute Gasteiger partial charge is 0.243 e. The van der Waals surface area contributed by atoms with E-state index in [9.17, 15) is 4.79 Å². The third-order valence-electron chi connectivity index (χ3n) is 4.48. The summed E-state index contributed by atoms with van der Waals surface area (Å²) in [4.78, 5) is 14.6. The van der Waals surface area contributed by atoms with E-state index in [1.807, 2.05) is 37.3 Å². The van der Waals surface area contributed by atoms with Gasteiger partial charge in [-0.1, -0.05) is 36.4 Å². The highest BCUT2D eigenvalue weighted by Crippen LogP contribution is 2.27. The van der Waals surface area contributed by atoms with Crippen LogP contribution in [0.25, 0.3) is 5.57 Å². The minimum atomic E-state index is -0.105. The largest absolute Gasteiger partial charge is 0.324 e. The zero-order chi connectivity index (χ0) is 17.1. The molecule has 1 fully saturated rings. The predicted octanol–water partition coefficient (Wildman–Crippen LogP) is 3.12. The summed E-state index contributed by atoms with van der Waals surface area (Å²) in [7, 11) is 0. The third-order valence-corrected chi connectivity index (χ3v) is 4.83. The molecule has 1 amide bonds. The van der Waals surface area contributed by atoms with Crippen LogP contribution in [0, 0.1) is 0 Å². The second kappa shape index (κ2) is 7.34. The van der Waals surface area contributed by atoms with Crippen LogP contribution in [-0.2, 0) is 11.3 Å². The van der Waals surface area contributed by atoms with Gasteiger partial charge in [0.05, 0.1) is 0 Å². The highest BCUT2D eigenvalue weighted by Gasteiger charge is 2.32. The Bertz CT molecular complexity index is 723. The van der Waals surface area contributed by atoms with Crippen molar-refractivity contribution in [2.75, 3.05) is 25.0 Å². The number of amides is 1. The van der Waals surface area contributed by atoms with Gasteiger partial charge in [0.2, 0.25) is 5.91 Å².